The minimum atomic E-state index is 0.306. The number of hydrogen-bond acceptors (Lipinski definition) is 4. The van der Waals surface area contributed by atoms with Crippen LogP contribution in [-0.2, 0) is 0 Å². The van der Waals surface area contributed by atoms with Crippen LogP contribution in [0.4, 0.5) is 6.01 Å². The summed E-state index contributed by atoms with van der Waals surface area (Å²) >= 11 is 0. The maximum absolute atomic E-state index is 5.69. The molecule has 1 aromatic rings. The average Bonchev–Trinajstić information content (AvgIpc) is 2.76. The summed E-state index contributed by atoms with van der Waals surface area (Å²) < 4.78 is 5.69. The second-order valence-electron chi connectivity index (χ2n) is 5.46. The van der Waals surface area contributed by atoms with E-state index >= 15 is 0 Å². The summed E-state index contributed by atoms with van der Waals surface area (Å²) in [4.78, 5) is 0. The largest absolute Gasteiger partial charge is 0.408 e. The lowest BCUT2D eigenvalue weighted by Crippen LogP contribution is -2.19. The molecule has 3 rings (SSSR count). The van der Waals surface area contributed by atoms with Gasteiger partial charge in [0.1, 0.15) is 0 Å². The standard InChI is InChI=1S/C14H21N3O/c1-10(11-6-3-2-4-7-11)15-14-17-16-13(18-14)12-8-5-9-12/h6,10,12H,2-5,7-9H2,1H3,(H,15,17). The second kappa shape index (κ2) is 5.12. The van der Waals surface area contributed by atoms with Crippen LogP contribution < -0.4 is 5.32 Å². The number of rotatable bonds is 4. The maximum atomic E-state index is 5.69. The molecule has 1 aromatic heterocycles. The molecular formula is C14H21N3O. The summed E-state index contributed by atoms with van der Waals surface area (Å²) in [6.07, 6.45) is 11.1. The average molecular weight is 247 g/mol. The quantitative estimate of drug-likeness (QED) is 0.825. The number of hydrogen-bond donors (Lipinski definition) is 1. The van der Waals surface area contributed by atoms with Gasteiger partial charge in [0.15, 0.2) is 0 Å². The zero-order valence-electron chi connectivity index (χ0n) is 11.0. The Morgan fingerprint density at radius 3 is 2.83 bits per heavy atom. The monoisotopic (exact) mass is 247 g/mol. The molecule has 1 atom stereocenters. The van der Waals surface area contributed by atoms with Gasteiger partial charge in [0.05, 0.1) is 0 Å². The minimum absolute atomic E-state index is 0.306. The molecule has 0 spiro atoms. The van der Waals surface area contributed by atoms with Crippen LogP contribution in [-0.4, -0.2) is 16.2 Å². The number of nitrogens with one attached hydrogen (secondary N) is 1. The van der Waals surface area contributed by atoms with Crippen LogP contribution in [0.15, 0.2) is 16.1 Å². The van der Waals surface area contributed by atoms with Crippen molar-refractivity contribution in [3.63, 3.8) is 0 Å². The third-order valence-electron chi connectivity index (χ3n) is 4.12. The first-order valence-electron chi connectivity index (χ1n) is 7.12. The lowest BCUT2D eigenvalue weighted by molar-refractivity contribution is 0.338. The highest BCUT2D eigenvalue weighted by Gasteiger charge is 2.25. The summed E-state index contributed by atoms with van der Waals surface area (Å²) in [5.41, 5.74) is 1.48. The molecule has 2 aliphatic carbocycles. The van der Waals surface area contributed by atoms with E-state index in [1.54, 1.807) is 0 Å². The zero-order valence-corrected chi connectivity index (χ0v) is 11.0. The van der Waals surface area contributed by atoms with Crippen LogP contribution in [0.3, 0.4) is 0 Å². The van der Waals surface area contributed by atoms with Crippen LogP contribution in [0.25, 0.3) is 0 Å². The third kappa shape index (κ3) is 2.42. The van der Waals surface area contributed by atoms with Gasteiger partial charge >= 0.3 is 6.01 Å². The van der Waals surface area contributed by atoms with Crippen LogP contribution in [0.2, 0.25) is 0 Å². The summed E-state index contributed by atoms with van der Waals surface area (Å²) in [6, 6.07) is 0.885. The van der Waals surface area contributed by atoms with Gasteiger partial charge in [-0.25, -0.2) is 0 Å². The first-order chi connectivity index (χ1) is 8.83. The van der Waals surface area contributed by atoms with E-state index in [2.05, 4.69) is 28.5 Å². The predicted octanol–water partition coefficient (Wildman–Crippen LogP) is 3.64. The van der Waals surface area contributed by atoms with Gasteiger partial charge in [0.25, 0.3) is 0 Å². The van der Waals surface area contributed by atoms with Gasteiger partial charge in [-0.2, -0.15) is 0 Å². The number of anilines is 1. The highest BCUT2D eigenvalue weighted by atomic mass is 16.4. The van der Waals surface area contributed by atoms with Crippen molar-refractivity contribution in [3.8, 4) is 0 Å². The highest BCUT2D eigenvalue weighted by Crippen LogP contribution is 2.36. The first kappa shape index (κ1) is 11.8. The van der Waals surface area contributed by atoms with Crippen LogP contribution in [0.5, 0.6) is 0 Å². The Hall–Kier alpha value is -1.32. The summed E-state index contributed by atoms with van der Waals surface area (Å²) in [7, 11) is 0. The van der Waals surface area contributed by atoms with E-state index in [0.29, 0.717) is 18.0 Å². The van der Waals surface area contributed by atoms with Gasteiger partial charge in [-0.1, -0.05) is 23.2 Å². The molecule has 0 aromatic carbocycles. The fourth-order valence-corrected chi connectivity index (χ4v) is 2.65. The molecule has 1 fully saturated rings. The summed E-state index contributed by atoms with van der Waals surface area (Å²) in [6.45, 7) is 2.17. The van der Waals surface area contributed by atoms with Crippen molar-refractivity contribution in [2.75, 3.05) is 5.32 Å². The fraction of sp³-hybridized carbons (Fsp3) is 0.714. The lowest BCUT2D eigenvalue weighted by Gasteiger charge is -2.21. The minimum Gasteiger partial charge on any atom is -0.408 e. The van der Waals surface area contributed by atoms with E-state index in [9.17, 15) is 0 Å². The third-order valence-corrected chi connectivity index (χ3v) is 4.12. The van der Waals surface area contributed by atoms with Gasteiger partial charge < -0.3 is 9.73 Å². The van der Waals surface area contributed by atoms with Crippen LogP contribution in [0.1, 0.15) is 63.7 Å². The van der Waals surface area contributed by atoms with E-state index in [4.69, 9.17) is 4.42 Å². The molecule has 98 valence electrons. The van der Waals surface area contributed by atoms with Crippen molar-refractivity contribution < 1.29 is 4.42 Å². The van der Waals surface area contributed by atoms with E-state index in [-0.39, 0.29) is 0 Å². The van der Waals surface area contributed by atoms with Gasteiger partial charge in [0.2, 0.25) is 5.89 Å². The topological polar surface area (TPSA) is 51.0 Å². The fourth-order valence-electron chi connectivity index (χ4n) is 2.65. The highest BCUT2D eigenvalue weighted by molar-refractivity contribution is 5.27. The summed E-state index contributed by atoms with van der Waals surface area (Å²) in [5.74, 6) is 1.32. The molecule has 4 nitrogen and oxygen atoms in total. The SMILES string of the molecule is CC(Nc1nnc(C2CCC2)o1)C1=CCCCC1. The zero-order chi connectivity index (χ0) is 12.4. The van der Waals surface area contributed by atoms with Crippen molar-refractivity contribution in [2.45, 2.75) is 63.8 Å². The van der Waals surface area contributed by atoms with E-state index in [0.717, 1.165) is 5.89 Å². The molecule has 0 aliphatic heterocycles. The molecule has 0 amide bonds. The molecule has 1 saturated carbocycles. The number of nitrogens with zero attached hydrogens (tertiary/aromatic N) is 2. The van der Waals surface area contributed by atoms with Gasteiger partial charge in [-0.3, -0.25) is 0 Å². The van der Waals surface area contributed by atoms with Crippen molar-refractivity contribution >= 4 is 6.01 Å². The Morgan fingerprint density at radius 2 is 2.17 bits per heavy atom. The molecule has 1 N–H and O–H groups in total. The van der Waals surface area contributed by atoms with Crippen molar-refractivity contribution in [2.24, 2.45) is 0 Å². The summed E-state index contributed by atoms with van der Waals surface area (Å²) in [5, 5.41) is 11.6. The Kier molecular flexibility index (Phi) is 3.35. The Morgan fingerprint density at radius 1 is 1.28 bits per heavy atom. The van der Waals surface area contributed by atoms with Crippen molar-refractivity contribution in [3.05, 3.63) is 17.5 Å². The van der Waals surface area contributed by atoms with Crippen LogP contribution in [0, 0.1) is 0 Å². The Bertz CT molecular complexity index is 434. The smallest absolute Gasteiger partial charge is 0.315 e. The van der Waals surface area contributed by atoms with Gasteiger partial charge in [-0.15, -0.1) is 5.10 Å². The molecule has 0 saturated heterocycles. The van der Waals surface area contributed by atoms with Crippen molar-refractivity contribution in [1.82, 2.24) is 10.2 Å². The molecule has 0 radical (unpaired) electrons. The van der Waals surface area contributed by atoms with Crippen molar-refractivity contribution in [1.29, 1.82) is 0 Å². The van der Waals surface area contributed by atoms with E-state index < -0.39 is 0 Å². The molecule has 1 unspecified atom stereocenters. The first-order valence-corrected chi connectivity index (χ1v) is 7.12. The molecule has 4 heteroatoms. The maximum Gasteiger partial charge on any atom is 0.315 e. The Labute approximate surface area is 108 Å². The van der Waals surface area contributed by atoms with E-state index in [1.807, 2.05) is 0 Å². The van der Waals surface area contributed by atoms with Gasteiger partial charge in [-0.05, 0) is 45.4 Å². The van der Waals surface area contributed by atoms with E-state index in [1.165, 1.54) is 50.5 Å². The van der Waals surface area contributed by atoms with Gasteiger partial charge in [0, 0.05) is 12.0 Å². The predicted molar refractivity (Wildman–Crippen MR) is 70.5 cm³/mol. The second-order valence-corrected chi connectivity index (χ2v) is 5.46. The molecule has 18 heavy (non-hydrogen) atoms. The molecule has 0 bridgehead atoms. The Balaban J connectivity index is 1.61. The normalized spacial score (nSPS) is 22.2. The number of allylic oxidation sites excluding steroid dienone is 1. The van der Waals surface area contributed by atoms with Crippen LogP contribution >= 0.6 is 0 Å². The number of aromatic nitrogens is 2. The lowest BCUT2D eigenvalue weighted by atomic mass is 9.85. The molecule has 1 heterocycles. The molecular weight excluding hydrogens is 226 g/mol. The molecule has 2 aliphatic rings.